The highest BCUT2D eigenvalue weighted by molar-refractivity contribution is 5.83. The minimum atomic E-state index is -0.250. The average molecular weight is 321 g/mol. The van der Waals surface area contributed by atoms with Gasteiger partial charge in [0.1, 0.15) is 5.82 Å². The largest absolute Gasteiger partial charge is 0.329 e. The Hall–Kier alpha value is -1.30. The van der Waals surface area contributed by atoms with Gasteiger partial charge in [-0.15, -0.1) is 0 Å². The Morgan fingerprint density at radius 3 is 2.78 bits per heavy atom. The van der Waals surface area contributed by atoms with Crippen LogP contribution in [0, 0.1) is 11.7 Å². The number of nitrogens with one attached hydrogen (secondary N) is 1. The van der Waals surface area contributed by atoms with E-state index in [1.54, 1.807) is 6.07 Å². The van der Waals surface area contributed by atoms with Crippen LogP contribution < -0.4 is 11.2 Å². The maximum absolute atomic E-state index is 13.4. The minimum absolute atomic E-state index is 0.0728. The number of rotatable bonds is 8. The highest BCUT2D eigenvalue weighted by atomic mass is 19.1. The van der Waals surface area contributed by atoms with Crippen LogP contribution in [0.3, 0.4) is 0 Å². The van der Waals surface area contributed by atoms with Crippen molar-refractivity contribution in [1.82, 2.24) is 10.4 Å². The summed E-state index contributed by atoms with van der Waals surface area (Å²) >= 11 is 0. The summed E-state index contributed by atoms with van der Waals surface area (Å²) in [5.74, 6) is 0.229. The standard InChI is InChI=1S/C18H28FN3O/c1-14(16-8-5-9-17(19)12-16)21-22(11-10-20)13-18(23)15-6-3-2-4-7-15/h5,8-9,12,14-15,21H,2-4,6-7,10-11,13,20H2,1H3. The molecule has 23 heavy (non-hydrogen) atoms. The molecule has 0 saturated heterocycles. The van der Waals surface area contributed by atoms with Crippen LogP contribution in [0.2, 0.25) is 0 Å². The molecular formula is C18H28FN3O. The molecule has 1 aliphatic rings. The summed E-state index contributed by atoms with van der Waals surface area (Å²) in [6.45, 7) is 3.39. The summed E-state index contributed by atoms with van der Waals surface area (Å²) in [6.07, 6.45) is 5.56. The van der Waals surface area contributed by atoms with E-state index in [9.17, 15) is 9.18 Å². The Kier molecular flexibility index (Phi) is 7.15. The third-order valence-corrected chi connectivity index (χ3v) is 4.53. The zero-order valence-electron chi connectivity index (χ0n) is 13.9. The summed E-state index contributed by atoms with van der Waals surface area (Å²) in [5, 5.41) is 1.88. The molecule has 1 saturated carbocycles. The topological polar surface area (TPSA) is 58.4 Å². The van der Waals surface area contributed by atoms with Crippen molar-refractivity contribution in [2.45, 2.75) is 45.1 Å². The predicted molar refractivity (Wildman–Crippen MR) is 90.2 cm³/mol. The molecule has 1 aromatic rings. The monoisotopic (exact) mass is 321 g/mol. The Bertz CT molecular complexity index is 503. The number of nitrogens with zero attached hydrogens (tertiary/aromatic N) is 1. The van der Waals surface area contributed by atoms with Crippen LogP contribution in [0.4, 0.5) is 4.39 Å². The van der Waals surface area contributed by atoms with Crippen molar-refractivity contribution in [3.05, 3.63) is 35.6 Å². The molecule has 0 heterocycles. The number of carbonyl (C=O) groups excluding carboxylic acids is 1. The van der Waals surface area contributed by atoms with Crippen LogP contribution in [0.1, 0.15) is 50.6 Å². The molecule has 1 fully saturated rings. The molecule has 1 atom stereocenters. The highest BCUT2D eigenvalue weighted by Crippen LogP contribution is 2.24. The lowest BCUT2D eigenvalue weighted by molar-refractivity contribution is -0.125. The normalized spacial score (nSPS) is 17.4. The van der Waals surface area contributed by atoms with Gasteiger partial charge in [-0.3, -0.25) is 4.79 Å². The van der Waals surface area contributed by atoms with E-state index < -0.39 is 0 Å². The number of carbonyl (C=O) groups is 1. The maximum Gasteiger partial charge on any atom is 0.151 e. The van der Waals surface area contributed by atoms with Crippen molar-refractivity contribution in [3.8, 4) is 0 Å². The van der Waals surface area contributed by atoms with Crippen molar-refractivity contribution in [1.29, 1.82) is 0 Å². The molecule has 4 nitrogen and oxygen atoms in total. The molecule has 0 radical (unpaired) electrons. The van der Waals surface area contributed by atoms with Crippen molar-refractivity contribution >= 4 is 5.78 Å². The summed E-state index contributed by atoms with van der Waals surface area (Å²) < 4.78 is 13.4. The summed E-state index contributed by atoms with van der Waals surface area (Å²) in [4.78, 5) is 12.5. The van der Waals surface area contributed by atoms with Gasteiger partial charge < -0.3 is 5.73 Å². The van der Waals surface area contributed by atoms with Gasteiger partial charge in [-0.2, -0.15) is 0 Å². The van der Waals surface area contributed by atoms with E-state index in [4.69, 9.17) is 5.73 Å². The van der Waals surface area contributed by atoms with Gasteiger partial charge in [0, 0.05) is 25.0 Å². The van der Waals surface area contributed by atoms with Crippen LogP contribution in [-0.4, -0.2) is 30.4 Å². The predicted octanol–water partition coefficient (Wildman–Crippen LogP) is 2.80. The third-order valence-electron chi connectivity index (χ3n) is 4.53. The first-order chi connectivity index (χ1) is 11.1. The Balaban J connectivity index is 1.93. The first-order valence-electron chi connectivity index (χ1n) is 8.59. The molecule has 1 aromatic carbocycles. The highest BCUT2D eigenvalue weighted by Gasteiger charge is 2.23. The second-order valence-electron chi connectivity index (χ2n) is 6.42. The number of hydrazine groups is 1. The van der Waals surface area contributed by atoms with E-state index in [0.717, 1.165) is 31.2 Å². The van der Waals surface area contributed by atoms with Crippen molar-refractivity contribution < 1.29 is 9.18 Å². The molecule has 5 heteroatoms. The molecule has 0 aliphatic heterocycles. The van der Waals surface area contributed by atoms with Crippen LogP contribution in [0.5, 0.6) is 0 Å². The fourth-order valence-electron chi connectivity index (χ4n) is 3.21. The lowest BCUT2D eigenvalue weighted by Crippen LogP contribution is -2.46. The first-order valence-corrected chi connectivity index (χ1v) is 8.59. The van der Waals surface area contributed by atoms with Gasteiger partial charge >= 0.3 is 0 Å². The fourth-order valence-corrected chi connectivity index (χ4v) is 3.21. The quantitative estimate of drug-likeness (QED) is 0.723. The summed E-state index contributed by atoms with van der Waals surface area (Å²) in [7, 11) is 0. The molecule has 0 spiro atoms. The lowest BCUT2D eigenvalue weighted by atomic mass is 9.86. The van der Waals surface area contributed by atoms with E-state index in [2.05, 4.69) is 5.43 Å². The third kappa shape index (κ3) is 5.68. The van der Waals surface area contributed by atoms with Gasteiger partial charge in [-0.05, 0) is 37.5 Å². The number of hydrogen-bond acceptors (Lipinski definition) is 4. The van der Waals surface area contributed by atoms with Gasteiger partial charge in [-0.1, -0.05) is 31.4 Å². The zero-order chi connectivity index (χ0) is 16.7. The van der Waals surface area contributed by atoms with Gasteiger partial charge in [-0.25, -0.2) is 14.8 Å². The van der Waals surface area contributed by atoms with Gasteiger partial charge in [0.2, 0.25) is 0 Å². The maximum atomic E-state index is 13.4. The molecule has 1 unspecified atom stereocenters. The Labute approximate surface area is 138 Å². The van der Waals surface area contributed by atoms with Gasteiger partial charge in [0.15, 0.2) is 5.78 Å². The number of ketones is 1. The van der Waals surface area contributed by atoms with Crippen LogP contribution in [-0.2, 0) is 4.79 Å². The number of nitrogens with two attached hydrogens (primary N) is 1. The number of halogens is 1. The van der Waals surface area contributed by atoms with E-state index in [0.29, 0.717) is 19.6 Å². The molecule has 2 rings (SSSR count). The molecule has 0 bridgehead atoms. The smallest absolute Gasteiger partial charge is 0.151 e. The molecule has 3 N–H and O–H groups in total. The summed E-state index contributed by atoms with van der Waals surface area (Å²) in [5.41, 5.74) is 9.82. The SMILES string of the molecule is CC(NN(CCN)CC(=O)C1CCCCC1)c1cccc(F)c1. The van der Waals surface area contributed by atoms with E-state index in [1.807, 2.05) is 18.0 Å². The Morgan fingerprint density at radius 1 is 1.39 bits per heavy atom. The fraction of sp³-hybridized carbons (Fsp3) is 0.611. The number of hydrogen-bond donors (Lipinski definition) is 2. The summed E-state index contributed by atoms with van der Waals surface area (Å²) in [6, 6.07) is 6.45. The average Bonchev–Trinajstić information content (AvgIpc) is 2.55. The zero-order valence-corrected chi connectivity index (χ0v) is 13.9. The number of benzene rings is 1. The van der Waals surface area contributed by atoms with Crippen LogP contribution in [0.25, 0.3) is 0 Å². The second-order valence-corrected chi connectivity index (χ2v) is 6.42. The van der Waals surface area contributed by atoms with Gasteiger partial charge in [0.25, 0.3) is 0 Å². The molecular weight excluding hydrogens is 293 g/mol. The van der Waals surface area contributed by atoms with Crippen molar-refractivity contribution in [2.24, 2.45) is 11.7 Å². The van der Waals surface area contributed by atoms with Gasteiger partial charge in [0.05, 0.1) is 6.54 Å². The lowest BCUT2D eigenvalue weighted by Gasteiger charge is -2.29. The van der Waals surface area contributed by atoms with Crippen LogP contribution >= 0.6 is 0 Å². The van der Waals surface area contributed by atoms with Crippen molar-refractivity contribution in [3.63, 3.8) is 0 Å². The minimum Gasteiger partial charge on any atom is -0.329 e. The van der Waals surface area contributed by atoms with E-state index in [-0.39, 0.29) is 23.6 Å². The van der Waals surface area contributed by atoms with E-state index in [1.165, 1.54) is 18.6 Å². The van der Waals surface area contributed by atoms with E-state index >= 15 is 0 Å². The molecule has 1 aliphatic carbocycles. The number of Topliss-reactive ketones (excluding diaryl/α,β-unsaturated/α-hetero) is 1. The molecule has 0 aromatic heterocycles. The van der Waals surface area contributed by atoms with Crippen LogP contribution in [0.15, 0.2) is 24.3 Å². The second kappa shape index (κ2) is 9.11. The Morgan fingerprint density at radius 2 is 2.13 bits per heavy atom. The molecule has 0 amide bonds. The first kappa shape index (κ1) is 18.0. The molecule has 128 valence electrons. The van der Waals surface area contributed by atoms with Crippen molar-refractivity contribution in [2.75, 3.05) is 19.6 Å².